The van der Waals surface area contributed by atoms with Crippen molar-refractivity contribution >= 4 is 39.8 Å². The zero-order chi connectivity index (χ0) is 10.8. The van der Waals surface area contributed by atoms with Gasteiger partial charge in [0.05, 0.1) is 8.45 Å². The van der Waals surface area contributed by atoms with E-state index in [-0.39, 0.29) is 11.9 Å². The normalized spacial score (nSPS) is 21.7. The number of hydrogen-bond donors (Lipinski definition) is 1. The molecule has 1 aromatic rings. The SMILES string of the molecule is NC1CCCN(C(=O)c2csc(I)c2)C1. The van der Waals surface area contributed by atoms with E-state index in [0.29, 0.717) is 6.54 Å². The number of rotatable bonds is 1. The lowest BCUT2D eigenvalue weighted by atomic mass is 10.1. The largest absolute Gasteiger partial charge is 0.337 e. The lowest BCUT2D eigenvalue weighted by Gasteiger charge is -2.30. The standard InChI is InChI=1S/C10H13IN2OS/c11-9-4-7(6-15-9)10(14)13-3-1-2-8(12)5-13/h4,6,8H,1-3,5,12H2. The number of carbonyl (C=O) groups excluding carboxylic acids is 1. The minimum atomic E-state index is 0.129. The Balaban J connectivity index is 2.07. The summed E-state index contributed by atoms with van der Waals surface area (Å²) in [6.07, 6.45) is 2.05. The van der Waals surface area contributed by atoms with Crippen molar-refractivity contribution < 1.29 is 4.79 Å². The summed E-state index contributed by atoms with van der Waals surface area (Å²) >= 11 is 3.84. The van der Waals surface area contributed by atoms with Gasteiger partial charge < -0.3 is 10.6 Å². The van der Waals surface area contributed by atoms with Crippen LogP contribution in [0.3, 0.4) is 0 Å². The molecular formula is C10H13IN2OS. The number of likely N-dealkylation sites (tertiary alicyclic amines) is 1. The van der Waals surface area contributed by atoms with Crippen LogP contribution in [0, 0.1) is 2.88 Å². The van der Waals surface area contributed by atoms with E-state index in [1.807, 2.05) is 16.3 Å². The van der Waals surface area contributed by atoms with Crippen LogP contribution in [-0.4, -0.2) is 29.9 Å². The molecule has 0 spiro atoms. The summed E-state index contributed by atoms with van der Waals surface area (Å²) in [5, 5.41) is 1.92. The molecule has 1 aromatic heterocycles. The molecule has 2 rings (SSSR count). The maximum atomic E-state index is 12.0. The Morgan fingerprint density at radius 2 is 2.47 bits per heavy atom. The number of halogens is 1. The molecule has 1 amide bonds. The molecule has 2 N–H and O–H groups in total. The molecule has 1 saturated heterocycles. The summed E-state index contributed by atoms with van der Waals surface area (Å²) in [5.41, 5.74) is 6.66. The van der Waals surface area contributed by atoms with Gasteiger partial charge in [-0.05, 0) is 41.5 Å². The van der Waals surface area contributed by atoms with Crippen molar-refractivity contribution in [1.29, 1.82) is 0 Å². The van der Waals surface area contributed by atoms with E-state index in [1.54, 1.807) is 11.3 Å². The molecule has 0 bridgehead atoms. The highest BCUT2D eigenvalue weighted by atomic mass is 127. The molecular weight excluding hydrogens is 323 g/mol. The van der Waals surface area contributed by atoms with Crippen molar-refractivity contribution in [2.45, 2.75) is 18.9 Å². The van der Waals surface area contributed by atoms with Crippen LogP contribution < -0.4 is 5.73 Å². The van der Waals surface area contributed by atoms with Crippen molar-refractivity contribution in [3.05, 3.63) is 19.9 Å². The zero-order valence-corrected chi connectivity index (χ0v) is 11.3. The summed E-state index contributed by atoms with van der Waals surface area (Å²) in [6, 6.07) is 2.09. The first-order valence-electron chi connectivity index (χ1n) is 4.95. The minimum absolute atomic E-state index is 0.129. The second-order valence-electron chi connectivity index (χ2n) is 3.79. The van der Waals surface area contributed by atoms with Gasteiger partial charge in [0.15, 0.2) is 0 Å². The number of nitrogens with zero attached hydrogens (tertiary/aromatic N) is 1. The molecule has 0 radical (unpaired) electrons. The fraction of sp³-hybridized carbons (Fsp3) is 0.500. The molecule has 15 heavy (non-hydrogen) atoms. The second-order valence-corrected chi connectivity index (χ2v) is 6.60. The van der Waals surface area contributed by atoms with Gasteiger partial charge in [0, 0.05) is 24.5 Å². The highest BCUT2D eigenvalue weighted by Gasteiger charge is 2.22. The Kier molecular flexibility index (Phi) is 3.63. The summed E-state index contributed by atoms with van der Waals surface area (Å²) in [6.45, 7) is 1.55. The van der Waals surface area contributed by atoms with Crippen LogP contribution in [0.1, 0.15) is 23.2 Å². The fourth-order valence-electron chi connectivity index (χ4n) is 1.80. The van der Waals surface area contributed by atoms with Crippen LogP contribution in [0.5, 0.6) is 0 Å². The Morgan fingerprint density at radius 1 is 1.67 bits per heavy atom. The van der Waals surface area contributed by atoms with Crippen LogP contribution in [0.2, 0.25) is 0 Å². The van der Waals surface area contributed by atoms with E-state index >= 15 is 0 Å². The zero-order valence-electron chi connectivity index (χ0n) is 8.28. The second kappa shape index (κ2) is 4.80. The smallest absolute Gasteiger partial charge is 0.254 e. The third-order valence-electron chi connectivity index (χ3n) is 2.56. The van der Waals surface area contributed by atoms with Crippen LogP contribution in [0.15, 0.2) is 11.4 Å². The third-order valence-corrected chi connectivity index (χ3v) is 4.35. The molecule has 0 saturated carbocycles. The summed E-state index contributed by atoms with van der Waals surface area (Å²) in [7, 11) is 0. The fourth-order valence-corrected chi connectivity index (χ4v) is 3.12. The van der Waals surface area contributed by atoms with Crippen molar-refractivity contribution in [2.24, 2.45) is 5.73 Å². The Hall–Kier alpha value is -0.140. The molecule has 1 aliphatic rings. The molecule has 1 unspecified atom stereocenters. The highest BCUT2D eigenvalue weighted by Crippen LogP contribution is 2.19. The van der Waals surface area contributed by atoms with Crippen molar-refractivity contribution in [2.75, 3.05) is 13.1 Å². The lowest BCUT2D eigenvalue weighted by Crippen LogP contribution is -2.45. The first kappa shape index (κ1) is 11.3. The molecule has 1 aliphatic heterocycles. The number of carbonyl (C=O) groups is 1. The van der Waals surface area contributed by atoms with Crippen molar-refractivity contribution in [3.8, 4) is 0 Å². The molecule has 1 fully saturated rings. The summed E-state index contributed by atoms with van der Waals surface area (Å²) < 4.78 is 1.15. The first-order chi connectivity index (χ1) is 7.16. The molecule has 3 nitrogen and oxygen atoms in total. The van der Waals surface area contributed by atoms with E-state index in [0.717, 1.165) is 27.8 Å². The monoisotopic (exact) mass is 336 g/mol. The van der Waals surface area contributed by atoms with Gasteiger partial charge in [-0.15, -0.1) is 11.3 Å². The van der Waals surface area contributed by atoms with Gasteiger partial charge in [0.1, 0.15) is 0 Å². The predicted molar refractivity (Wildman–Crippen MR) is 70.1 cm³/mol. The predicted octanol–water partition coefficient (Wildman–Crippen LogP) is 1.92. The topological polar surface area (TPSA) is 46.3 Å². The van der Waals surface area contributed by atoms with Crippen LogP contribution in [-0.2, 0) is 0 Å². The highest BCUT2D eigenvalue weighted by molar-refractivity contribution is 14.1. The third kappa shape index (κ3) is 2.70. The molecule has 82 valence electrons. The van der Waals surface area contributed by atoms with Gasteiger partial charge in [0.25, 0.3) is 5.91 Å². The Labute approximate surface area is 107 Å². The number of nitrogens with two attached hydrogens (primary N) is 1. The van der Waals surface area contributed by atoms with Gasteiger partial charge in [0.2, 0.25) is 0 Å². The maximum absolute atomic E-state index is 12.0. The van der Waals surface area contributed by atoms with Gasteiger partial charge in [-0.1, -0.05) is 0 Å². The minimum Gasteiger partial charge on any atom is -0.337 e. The van der Waals surface area contributed by atoms with Crippen molar-refractivity contribution in [1.82, 2.24) is 4.90 Å². The quantitative estimate of drug-likeness (QED) is 0.797. The maximum Gasteiger partial charge on any atom is 0.254 e. The van der Waals surface area contributed by atoms with Crippen LogP contribution >= 0.6 is 33.9 Å². The Morgan fingerprint density at radius 3 is 3.07 bits per heavy atom. The molecule has 1 atom stereocenters. The average molecular weight is 336 g/mol. The van der Waals surface area contributed by atoms with Gasteiger partial charge >= 0.3 is 0 Å². The van der Waals surface area contributed by atoms with E-state index < -0.39 is 0 Å². The van der Waals surface area contributed by atoms with Crippen molar-refractivity contribution in [3.63, 3.8) is 0 Å². The van der Waals surface area contributed by atoms with E-state index in [4.69, 9.17) is 5.73 Å². The first-order valence-corrected chi connectivity index (χ1v) is 6.91. The van der Waals surface area contributed by atoms with E-state index in [2.05, 4.69) is 22.6 Å². The number of thiophene rings is 1. The summed E-state index contributed by atoms with van der Waals surface area (Å²) in [5.74, 6) is 0.129. The average Bonchev–Trinajstić information content (AvgIpc) is 2.64. The van der Waals surface area contributed by atoms with E-state index in [9.17, 15) is 4.79 Å². The van der Waals surface area contributed by atoms with Crippen LogP contribution in [0.4, 0.5) is 0 Å². The number of hydrogen-bond acceptors (Lipinski definition) is 3. The molecule has 0 aliphatic carbocycles. The van der Waals surface area contributed by atoms with Crippen LogP contribution in [0.25, 0.3) is 0 Å². The van der Waals surface area contributed by atoms with Gasteiger partial charge in [-0.25, -0.2) is 0 Å². The van der Waals surface area contributed by atoms with E-state index in [1.165, 1.54) is 0 Å². The summed E-state index contributed by atoms with van der Waals surface area (Å²) in [4.78, 5) is 13.9. The number of amides is 1. The van der Waals surface area contributed by atoms with Gasteiger partial charge in [-0.2, -0.15) is 0 Å². The lowest BCUT2D eigenvalue weighted by molar-refractivity contribution is 0.0709. The molecule has 0 aromatic carbocycles. The molecule has 5 heteroatoms. The number of piperidine rings is 1. The molecule has 2 heterocycles. The Bertz CT molecular complexity index is 366. The van der Waals surface area contributed by atoms with Gasteiger partial charge in [-0.3, -0.25) is 4.79 Å².